The Balaban J connectivity index is 2.08. The third kappa shape index (κ3) is 6.77. The molecule has 1 atom stereocenters. The van der Waals surface area contributed by atoms with E-state index in [1.165, 1.54) is 0 Å². The Morgan fingerprint density at radius 1 is 1.50 bits per heavy atom. The van der Waals surface area contributed by atoms with Crippen LogP contribution in [0.15, 0.2) is 0 Å². The number of nitrogens with zero attached hydrogens (tertiary/aromatic N) is 1. The molecule has 2 N–H and O–H groups in total. The van der Waals surface area contributed by atoms with E-state index in [-0.39, 0.29) is 12.6 Å². The van der Waals surface area contributed by atoms with Gasteiger partial charge in [0.25, 0.3) is 0 Å². The summed E-state index contributed by atoms with van der Waals surface area (Å²) < 4.78 is 40.9. The molecule has 1 saturated heterocycles. The van der Waals surface area contributed by atoms with E-state index in [1.807, 2.05) is 7.05 Å². The van der Waals surface area contributed by atoms with Crippen LogP contribution in [0.1, 0.15) is 0 Å². The van der Waals surface area contributed by atoms with E-state index in [0.29, 0.717) is 13.2 Å². The number of carbonyl (C=O) groups excluding carboxylic acids is 1. The van der Waals surface area contributed by atoms with E-state index in [1.54, 1.807) is 5.32 Å². The molecule has 0 bridgehead atoms. The van der Waals surface area contributed by atoms with Gasteiger partial charge in [0.15, 0.2) is 0 Å². The second-order valence-corrected chi connectivity index (χ2v) is 4.28. The lowest BCUT2D eigenvalue weighted by Crippen LogP contribution is -2.47. The van der Waals surface area contributed by atoms with Crippen molar-refractivity contribution in [3.05, 3.63) is 0 Å². The van der Waals surface area contributed by atoms with Gasteiger partial charge in [0.1, 0.15) is 6.54 Å². The predicted molar refractivity (Wildman–Crippen MR) is 59.2 cm³/mol. The first-order valence-corrected chi connectivity index (χ1v) is 5.71. The van der Waals surface area contributed by atoms with Crippen LogP contribution in [0.2, 0.25) is 0 Å². The van der Waals surface area contributed by atoms with Gasteiger partial charge in [0.2, 0.25) is 5.91 Å². The summed E-state index contributed by atoms with van der Waals surface area (Å²) in [6.45, 7) is 1.25. The van der Waals surface area contributed by atoms with E-state index in [9.17, 15) is 18.0 Å². The van der Waals surface area contributed by atoms with Crippen molar-refractivity contribution in [3.8, 4) is 0 Å². The van der Waals surface area contributed by atoms with Crippen molar-refractivity contribution in [2.75, 3.05) is 46.4 Å². The van der Waals surface area contributed by atoms with Gasteiger partial charge in [-0.25, -0.2) is 0 Å². The number of ether oxygens (including phenoxy) is 1. The summed E-state index contributed by atoms with van der Waals surface area (Å²) in [5.41, 5.74) is 0. The molecule has 1 amide bonds. The lowest BCUT2D eigenvalue weighted by atomic mass is 10.3. The number of likely N-dealkylation sites (N-methyl/N-ethyl adjacent to an activating group) is 1. The van der Waals surface area contributed by atoms with E-state index in [4.69, 9.17) is 4.74 Å². The van der Waals surface area contributed by atoms with E-state index in [0.717, 1.165) is 13.1 Å². The fourth-order valence-electron chi connectivity index (χ4n) is 1.60. The molecular weight excluding hydrogens is 251 g/mol. The Morgan fingerprint density at radius 2 is 2.22 bits per heavy atom. The Labute approximate surface area is 104 Å². The predicted octanol–water partition coefficient (Wildman–Crippen LogP) is -0.415. The molecule has 1 aliphatic heterocycles. The van der Waals surface area contributed by atoms with Gasteiger partial charge in [0.05, 0.1) is 19.3 Å². The highest BCUT2D eigenvalue weighted by atomic mass is 19.4. The van der Waals surface area contributed by atoms with Crippen molar-refractivity contribution < 1.29 is 22.7 Å². The van der Waals surface area contributed by atoms with Crippen molar-refractivity contribution in [1.82, 2.24) is 15.5 Å². The molecule has 0 spiro atoms. The largest absolute Gasteiger partial charge is 0.405 e. The molecule has 1 aliphatic rings. The van der Waals surface area contributed by atoms with Crippen LogP contribution in [0.25, 0.3) is 0 Å². The Bertz CT molecular complexity index is 274. The minimum absolute atomic E-state index is 0.0285. The lowest BCUT2D eigenvalue weighted by Gasteiger charge is -2.30. The molecule has 1 rings (SSSR count). The van der Waals surface area contributed by atoms with Gasteiger partial charge in [0, 0.05) is 19.6 Å². The van der Waals surface area contributed by atoms with Crippen LogP contribution < -0.4 is 10.6 Å². The highest BCUT2D eigenvalue weighted by molar-refractivity contribution is 5.77. The number of morpholine rings is 1. The van der Waals surface area contributed by atoms with Crippen LogP contribution in [-0.2, 0) is 9.53 Å². The lowest BCUT2D eigenvalue weighted by molar-refractivity contribution is -0.138. The molecule has 18 heavy (non-hydrogen) atoms. The first kappa shape index (κ1) is 15.2. The van der Waals surface area contributed by atoms with Gasteiger partial charge >= 0.3 is 6.18 Å². The van der Waals surface area contributed by atoms with E-state index < -0.39 is 18.6 Å². The monoisotopic (exact) mass is 269 g/mol. The number of rotatable bonds is 5. The summed E-state index contributed by atoms with van der Waals surface area (Å²) in [5, 5.41) is 4.57. The van der Waals surface area contributed by atoms with Crippen molar-refractivity contribution in [2.24, 2.45) is 0 Å². The highest BCUT2D eigenvalue weighted by Gasteiger charge is 2.27. The summed E-state index contributed by atoms with van der Waals surface area (Å²) in [6, 6.07) is 0. The zero-order valence-electron chi connectivity index (χ0n) is 10.2. The molecule has 0 aromatic rings. The quantitative estimate of drug-likeness (QED) is 0.712. The van der Waals surface area contributed by atoms with Crippen LogP contribution in [-0.4, -0.2) is 69.5 Å². The van der Waals surface area contributed by atoms with Gasteiger partial charge in [-0.05, 0) is 7.05 Å². The van der Waals surface area contributed by atoms with E-state index >= 15 is 0 Å². The minimum Gasteiger partial charge on any atom is -0.374 e. The molecule has 0 radical (unpaired) electrons. The molecule has 8 heteroatoms. The van der Waals surface area contributed by atoms with Gasteiger partial charge in [-0.15, -0.1) is 0 Å². The van der Waals surface area contributed by atoms with Crippen molar-refractivity contribution in [3.63, 3.8) is 0 Å². The van der Waals surface area contributed by atoms with Crippen molar-refractivity contribution >= 4 is 5.91 Å². The normalized spacial score (nSPS) is 21.9. The maximum atomic E-state index is 11.8. The highest BCUT2D eigenvalue weighted by Crippen LogP contribution is 2.11. The van der Waals surface area contributed by atoms with Gasteiger partial charge in [-0.2, -0.15) is 13.2 Å². The van der Waals surface area contributed by atoms with Crippen LogP contribution >= 0.6 is 0 Å². The average Bonchev–Trinajstić information content (AvgIpc) is 2.25. The number of halogens is 3. The molecular formula is C10H18F3N3O2. The summed E-state index contributed by atoms with van der Waals surface area (Å²) in [7, 11) is 1.96. The molecule has 1 unspecified atom stereocenters. The molecule has 106 valence electrons. The molecule has 5 nitrogen and oxygen atoms in total. The third-order valence-corrected chi connectivity index (χ3v) is 2.49. The Hall–Kier alpha value is -0.860. The second-order valence-electron chi connectivity index (χ2n) is 4.28. The van der Waals surface area contributed by atoms with E-state index in [2.05, 4.69) is 10.2 Å². The van der Waals surface area contributed by atoms with Crippen LogP contribution in [0, 0.1) is 0 Å². The molecule has 1 heterocycles. The summed E-state index contributed by atoms with van der Waals surface area (Å²) in [5.74, 6) is -0.670. The average molecular weight is 269 g/mol. The molecule has 0 saturated carbocycles. The summed E-state index contributed by atoms with van der Waals surface area (Å²) in [6.07, 6.45) is -4.40. The number of amides is 1. The van der Waals surface area contributed by atoms with Crippen LogP contribution in [0.5, 0.6) is 0 Å². The summed E-state index contributed by atoms with van der Waals surface area (Å²) in [4.78, 5) is 13.2. The number of hydrogen-bond acceptors (Lipinski definition) is 4. The minimum atomic E-state index is -4.37. The first-order chi connectivity index (χ1) is 8.37. The van der Waals surface area contributed by atoms with Gasteiger partial charge in [-0.1, -0.05) is 0 Å². The third-order valence-electron chi connectivity index (χ3n) is 2.49. The van der Waals surface area contributed by atoms with Crippen molar-refractivity contribution in [1.29, 1.82) is 0 Å². The molecule has 0 aromatic heterocycles. The molecule has 0 aliphatic carbocycles. The van der Waals surface area contributed by atoms with Crippen molar-refractivity contribution in [2.45, 2.75) is 12.3 Å². The molecule has 1 fully saturated rings. The number of alkyl halides is 3. The maximum absolute atomic E-state index is 11.8. The Morgan fingerprint density at radius 3 is 2.83 bits per heavy atom. The fourth-order valence-corrected chi connectivity index (χ4v) is 1.60. The maximum Gasteiger partial charge on any atom is 0.405 e. The fraction of sp³-hybridized carbons (Fsp3) is 0.900. The number of carbonyl (C=O) groups is 1. The van der Waals surface area contributed by atoms with Crippen LogP contribution in [0.4, 0.5) is 13.2 Å². The topological polar surface area (TPSA) is 53.6 Å². The Kier molecular flexibility index (Phi) is 5.83. The van der Waals surface area contributed by atoms with Gasteiger partial charge < -0.3 is 20.3 Å². The SMILES string of the molecule is CN1CCOC(CNCC(=O)NCC(F)(F)F)C1. The summed E-state index contributed by atoms with van der Waals surface area (Å²) >= 11 is 0. The standard InChI is InChI=1S/C10H18F3N3O2/c1-16-2-3-18-8(6-16)4-14-5-9(17)15-7-10(11,12)13/h8,14H,2-7H2,1H3,(H,15,17). The zero-order chi connectivity index (χ0) is 13.6. The van der Waals surface area contributed by atoms with Crippen LogP contribution in [0.3, 0.4) is 0 Å². The second kappa shape index (κ2) is 6.91. The smallest absolute Gasteiger partial charge is 0.374 e. The zero-order valence-corrected chi connectivity index (χ0v) is 10.2. The molecule has 0 aromatic carbocycles. The number of nitrogens with one attached hydrogen (secondary N) is 2. The number of hydrogen-bond donors (Lipinski definition) is 2. The first-order valence-electron chi connectivity index (χ1n) is 5.71. The van der Waals surface area contributed by atoms with Gasteiger partial charge in [-0.3, -0.25) is 4.79 Å².